The average Bonchev–Trinajstić information content (AvgIpc) is 2.19. The molecule has 0 saturated heterocycles. The van der Waals surface area contributed by atoms with Crippen LogP contribution in [-0.4, -0.2) is 13.6 Å². The highest BCUT2D eigenvalue weighted by molar-refractivity contribution is 5.43. The van der Waals surface area contributed by atoms with Crippen LogP contribution in [0.15, 0.2) is 18.2 Å². The van der Waals surface area contributed by atoms with Gasteiger partial charge in [-0.15, -0.1) is 0 Å². The van der Waals surface area contributed by atoms with Crippen molar-refractivity contribution in [3.63, 3.8) is 0 Å². The van der Waals surface area contributed by atoms with E-state index in [1.165, 1.54) is 6.07 Å². The summed E-state index contributed by atoms with van der Waals surface area (Å²) in [6.07, 6.45) is -4.29. The third-order valence-electron chi connectivity index (χ3n) is 2.04. The van der Waals surface area contributed by atoms with Crippen LogP contribution >= 0.6 is 0 Å². The molecule has 1 aromatic rings. The number of hydrogen-bond donors (Lipinski definition) is 1. The summed E-state index contributed by atoms with van der Waals surface area (Å²) in [4.78, 5) is 0. The molecule has 0 spiro atoms. The van der Waals surface area contributed by atoms with Crippen molar-refractivity contribution in [1.82, 2.24) is 5.32 Å². The van der Waals surface area contributed by atoms with Gasteiger partial charge < -0.3 is 5.32 Å². The van der Waals surface area contributed by atoms with Gasteiger partial charge >= 0.3 is 6.18 Å². The molecule has 0 aliphatic rings. The van der Waals surface area contributed by atoms with Crippen molar-refractivity contribution in [2.75, 3.05) is 13.6 Å². The first-order valence-electron chi connectivity index (χ1n) is 4.76. The van der Waals surface area contributed by atoms with Crippen molar-refractivity contribution >= 4 is 0 Å². The highest BCUT2D eigenvalue weighted by Gasteiger charge is 2.30. The maximum absolute atomic E-state index is 12.4. The Balaban J connectivity index is 2.98. The second kappa shape index (κ2) is 5.04. The van der Waals surface area contributed by atoms with Crippen LogP contribution in [0.3, 0.4) is 0 Å². The summed E-state index contributed by atoms with van der Waals surface area (Å²) in [7, 11) is 1.76. The van der Waals surface area contributed by atoms with Crippen LogP contribution in [0, 0.1) is 18.8 Å². The minimum absolute atomic E-state index is 0.514. The third kappa shape index (κ3) is 3.28. The number of halogens is 3. The molecule has 0 aliphatic carbocycles. The van der Waals surface area contributed by atoms with Gasteiger partial charge in [0.25, 0.3) is 0 Å². The highest BCUT2D eigenvalue weighted by Crippen LogP contribution is 2.30. The van der Waals surface area contributed by atoms with Crippen molar-refractivity contribution in [3.05, 3.63) is 34.9 Å². The Morgan fingerprint density at radius 1 is 1.31 bits per heavy atom. The summed E-state index contributed by atoms with van der Waals surface area (Å²) in [6.45, 7) is 2.14. The SMILES string of the molecule is CNCC#Cc1ccc(C(F)(F)F)cc1C. The van der Waals surface area contributed by atoms with Crippen LogP contribution in [0.25, 0.3) is 0 Å². The molecule has 0 heterocycles. The number of aryl methyl sites for hydroxylation is 1. The molecule has 4 heteroatoms. The lowest BCUT2D eigenvalue weighted by molar-refractivity contribution is -0.137. The molecule has 0 unspecified atom stereocenters. The predicted octanol–water partition coefficient (Wildman–Crippen LogP) is 2.58. The molecule has 86 valence electrons. The van der Waals surface area contributed by atoms with E-state index < -0.39 is 11.7 Å². The largest absolute Gasteiger partial charge is 0.416 e. The first-order valence-corrected chi connectivity index (χ1v) is 4.76. The molecule has 0 fully saturated rings. The lowest BCUT2D eigenvalue weighted by Gasteiger charge is -2.08. The molecule has 1 nitrogen and oxygen atoms in total. The fraction of sp³-hybridized carbons (Fsp3) is 0.333. The molecule has 1 N–H and O–H groups in total. The van der Waals surface area contributed by atoms with E-state index in [-0.39, 0.29) is 0 Å². The first kappa shape index (κ1) is 12.6. The van der Waals surface area contributed by atoms with Crippen molar-refractivity contribution in [1.29, 1.82) is 0 Å². The molecule has 1 rings (SSSR count). The topological polar surface area (TPSA) is 12.0 Å². The van der Waals surface area contributed by atoms with Gasteiger partial charge in [0, 0.05) is 5.56 Å². The monoisotopic (exact) mass is 227 g/mol. The molecule has 0 aliphatic heterocycles. The minimum atomic E-state index is -4.29. The molecule has 0 aromatic heterocycles. The Hall–Kier alpha value is -1.47. The van der Waals surface area contributed by atoms with Gasteiger partial charge in [0.2, 0.25) is 0 Å². The van der Waals surface area contributed by atoms with E-state index >= 15 is 0 Å². The lowest BCUT2D eigenvalue weighted by Crippen LogP contribution is -2.06. The van der Waals surface area contributed by atoms with Crippen LogP contribution in [0.4, 0.5) is 13.2 Å². The van der Waals surface area contributed by atoms with E-state index in [4.69, 9.17) is 0 Å². The molecule has 1 aromatic carbocycles. The van der Waals surface area contributed by atoms with Crippen LogP contribution in [0.1, 0.15) is 16.7 Å². The van der Waals surface area contributed by atoms with Crippen LogP contribution in [0.2, 0.25) is 0 Å². The summed E-state index contributed by atoms with van der Waals surface area (Å²) in [5.74, 6) is 5.62. The zero-order valence-electron chi connectivity index (χ0n) is 9.07. The van der Waals surface area contributed by atoms with Gasteiger partial charge in [-0.05, 0) is 37.7 Å². The maximum Gasteiger partial charge on any atom is 0.416 e. The fourth-order valence-electron chi connectivity index (χ4n) is 1.21. The van der Waals surface area contributed by atoms with Gasteiger partial charge in [-0.25, -0.2) is 0 Å². The zero-order chi connectivity index (χ0) is 12.2. The molecule has 16 heavy (non-hydrogen) atoms. The Labute approximate surface area is 92.7 Å². The molecule has 0 amide bonds. The number of nitrogens with one attached hydrogen (secondary N) is 1. The van der Waals surface area contributed by atoms with Crippen LogP contribution in [-0.2, 0) is 6.18 Å². The smallest absolute Gasteiger partial charge is 0.309 e. The fourth-order valence-corrected chi connectivity index (χ4v) is 1.21. The van der Waals surface area contributed by atoms with E-state index in [0.29, 0.717) is 17.7 Å². The summed E-state index contributed by atoms with van der Waals surface area (Å²) in [6, 6.07) is 3.57. The normalized spacial score (nSPS) is 10.8. The van der Waals surface area contributed by atoms with E-state index in [0.717, 1.165) is 12.1 Å². The zero-order valence-corrected chi connectivity index (χ0v) is 9.07. The third-order valence-corrected chi connectivity index (χ3v) is 2.04. The van der Waals surface area contributed by atoms with E-state index in [2.05, 4.69) is 17.2 Å². The second-order valence-corrected chi connectivity index (χ2v) is 3.36. The van der Waals surface area contributed by atoms with E-state index in [1.54, 1.807) is 14.0 Å². The molecule has 0 saturated carbocycles. The minimum Gasteiger partial charge on any atom is -0.309 e. The van der Waals surface area contributed by atoms with Crippen LogP contribution in [0.5, 0.6) is 0 Å². The predicted molar refractivity (Wildman–Crippen MR) is 57.0 cm³/mol. The van der Waals surface area contributed by atoms with Crippen molar-refractivity contribution in [2.24, 2.45) is 0 Å². The molecule has 0 bridgehead atoms. The Morgan fingerprint density at radius 3 is 2.50 bits per heavy atom. The number of benzene rings is 1. The molecule has 0 atom stereocenters. The number of alkyl halides is 3. The summed E-state index contributed by atoms with van der Waals surface area (Å²) in [5, 5.41) is 2.84. The Morgan fingerprint density at radius 2 is 2.00 bits per heavy atom. The second-order valence-electron chi connectivity index (χ2n) is 3.36. The highest BCUT2D eigenvalue weighted by atomic mass is 19.4. The number of rotatable bonds is 1. The van der Waals surface area contributed by atoms with Gasteiger partial charge in [0.15, 0.2) is 0 Å². The van der Waals surface area contributed by atoms with Crippen molar-refractivity contribution < 1.29 is 13.2 Å². The summed E-state index contributed by atoms with van der Waals surface area (Å²) < 4.78 is 37.1. The first-order chi connectivity index (χ1) is 7.45. The quantitative estimate of drug-likeness (QED) is 0.727. The standard InChI is InChI=1S/C12H12F3N/c1-9-8-11(12(13,14)15)6-5-10(9)4-3-7-16-2/h5-6,8,16H,7H2,1-2H3. The number of hydrogen-bond acceptors (Lipinski definition) is 1. The molecular weight excluding hydrogens is 215 g/mol. The van der Waals surface area contributed by atoms with E-state index in [1.807, 2.05) is 0 Å². The van der Waals surface area contributed by atoms with Gasteiger partial charge in [-0.3, -0.25) is 0 Å². The Kier molecular flexibility index (Phi) is 3.97. The Bertz CT molecular complexity index is 424. The summed E-state index contributed by atoms with van der Waals surface area (Å²) >= 11 is 0. The van der Waals surface area contributed by atoms with Crippen molar-refractivity contribution in [2.45, 2.75) is 13.1 Å². The average molecular weight is 227 g/mol. The lowest BCUT2D eigenvalue weighted by atomic mass is 10.1. The van der Waals surface area contributed by atoms with E-state index in [9.17, 15) is 13.2 Å². The summed E-state index contributed by atoms with van der Waals surface area (Å²) in [5.41, 5.74) is 0.533. The maximum atomic E-state index is 12.4. The van der Waals surface area contributed by atoms with Gasteiger partial charge in [-0.1, -0.05) is 11.8 Å². The van der Waals surface area contributed by atoms with Gasteiger partial charge in [0.1, 0.15) is 0 Å². The molecular formula is C12H12F3N. The van der Waals surface area contributed by atoms with Gasteiger partial charge in [0.05, 0.1) is 12.1 Å². The van der Waals surface area contributed by atoms with Crippen molar-refractivity contribution in [3.8, 4) is 11.8 Å². The molecule has 0 radical (unpaired) electrons. The van der Waals surface area contributed by atoms with Crippen LogP contribution < -0.4 is 5.32 Å². The van der Waals surface area contributed by atoms with Gasteiger partial charge in [-0.2, -0.15) is 13.2 Å².